The average molecular weight is 366 g/mol. The zero-order valence-electron chi connectivity index (χ0n) is 10.9. The van der Waals surface area contributed by atoms with Crippen LogP contribution in [0, 0.1) is 17.4 Å². The van der Waals surface area contributed by atoms with Crippen LogP contribution in [-0.2, 0) is 0 Å². The number of halogens is 1. The van der Waals surface area contributed by atoms with Gasteiger partial charge in [-0.3, -0.25) is 4.79 Å². The van der Waals surface area contributed by atoms with Crippen LogP contribution < -0.4 is 4.74 Å². The lowest BCUT2D eigenvalue weighted by Gasteiger charge is -2.08. The third-order valence-corrected chi connectivity index (χ3v) is 3.60. The number of hydrogen-bond donors (Lipinski definition) is 0. The summed E-state index contributed by atoms with van der Waals surface area (Å²) < 4.78 is 6.66. The molecule has 0 atom stereocenters. The second-order valence-electron chi connectivity index (χ2n) is 4.48. The van der Waals surface area contributed by atoms with Gasteiger partial charge >= 0.3 is 0 Å². The highest BCUT2D eigenvalue weighted by Gasteiger charge is 2.10. The standard InChI is InChI=1S/C16H15IO2/c1-11-3-4-12(2)15(9-11)16(18)10-19-14-7-5-13(17)6-8-14/h3-9H,10H2,1-2H3. The summed E-state index contributed by atoms with van der Waals surface area (Å²) in [5.41, 5.74) is 2.82. The molecule has 98 valence electrons. The van der Waals surface area contributed by atoms with Crippen molar-refractivity contribution in [1.82, 2.24) is 0 Å². The Morgan fingerprint density at radius 3 is 2.47 bits per heavy atom. The Bertz CT molecular complexity index is 588. The van der Waals surface area contributed by atoms with Crippen molar-refractivity contribution in [2.24, 2.45) is 0 Å². The van der Waals surface area contributed by atoms with Crippen molar-refractivity contribution >= 4 is 28.4 Å². The van der Waals surface area contributed by atoms with Crippen LogP contribution in [0.25, 0.3) is 0 Å². The number of hydrogen-bond acceptors (Lipinski definition) is 2. The Morgan fingerprint density at radius 2 is 1.79 bits per heavy atom. The molecule has 0 fully saturated rings. The number of ether oxygens (including phenoxy) is 1. The average Bonchev–Trinajstić information content (AvgIpc) is 2.40. The number of carbonyl (C=O) groups is 1. The molecular weight excluding hydrogens is 351 g/mol. The molecule has 2 rings (SSSR count). The zero-order chi connectivity index (χ0) is 13.8. The van der Waals surface area contributed by atoms with E-state index in [2.05, 4.69) is 22.6 Å². The number of benzene rings is 2. The van der Waals surface area contributed by atoms with Crippen molar-refractivity contribution in [2.75, 3.05) is 6.61 Å². The maximum Gasteiger partial charge on any atom is 0.200 e. The van der Waals surface area contributed by atoms with E-state index in [9.17, 15) is 4.79 Å². The fraction of sp³-hybridized carbons (Fsp3) is 0.188. The first-order chi connectivity index (χ1) is 9.06. The molecule has 0 saturated heterocycles. The van der Waals surface area contributed by atoms with Crippen molar-refractivity contribution in [2.45, 2.75) is 13.8 Å². The molecule has 2 aromatic rings. The Hall–Kier alpha value is -1.36. The maximum absolute atomic E-state index is 12.1. The first-order valence-electron chi connectivity index (χ1n) is 6.05. The van der Waals surface area contributed by atoms with Crippen molar-refractivity contribution in [3.05, 3.63) is 62.7 Å². The Morgan fingerprint density at radius 1 is 1.11 bits per heavy atom. The Balaban J connectivity index is 2.05. The topological polar surface area (TPSA) is 26.3 Å². The Kier molecular flexibility index (Phi) is 4.58. The van der Waals surface area contributed by atoms with Crippen LogP contribution >= 0.6 is 22.6 Å². The van der Waals surface area contributed by atoms with Crippen LogP contribution in [0.3, 0.4) is 0 Å². The molecule has 0 unspecified atom stereocenters. The summed E-state index contributed by atoms with van der Waals surface area (Å²) in [5, 5.41) is 0. The van der Waals surface area contributed by atoms with Gasteiger partial charge in [-0.2, -0.15) is 0 Å². The van der Waals surface area contributed by atoms with E-state index < -0.39 is 0 Å². The van der Waals surface area contributed by atoms with Crippen LogP contribution in [0.5, 0.6) is 5.75 Å². The fourth-order valence-corrected chi connectivity index (χ4v) is 2.15. The molecule has 2 nitrogen and oxygen atoms in total. The van der Waals surface area contributed by atoms with E-state index in [1.165, 1.54) is 0 Å². The normalized spacial score (nSPS) is 10.3. The fourth-order valence-electron chi connectivity index (χ4n) is 1.79. The third-order valence-electron chi connectivity index (χ3n) is 2.88. The predicted octanol–water partition coefficient (Wildman–Crippen LogP) is 4.17. The molecule has 3 heteroatoms. The minimum Gasteiger partial charge on any atom is -0.485 e. The second-order valence-corrected chi connectivity index (χ2v) is 5.73. The highest BCUT2D eigenvalue weighted by molar-refractivity contribution is 14.1. The van der Waals surface area contributed by atoms with Gasteiger partial charge in [0.05, 0.1) is 0 Å². The molecule has 0 saturated carbocycles. The van der Waals surface area contributed by atoms with Crippen molar-refractivity contribution in [3.8, 4) is 5.75 Å². The molecule has 0 spiro atoms. The molecule has 0 bridgehead atoms. The molecule has 0 radical (unpaired) electrons. The van der Waals surface area contributed by atoms with Gasteiger partial charge in [-0.25, -0.2) is 0 Å². The lowest BCUT2D eigenvalue weighted by Crippen LogP contribution is -2.13. The SMILES string of the molecule is Cc1ccc(C)c(C(=O)COc2ccc(I)cc2)c1. The van der Waals surface area contributed by atoms with Gasteiger partial charge in [-0.05, 0) is 72.3 Å². The van der Waals surface area contributed by atoms with E-state index in [1.54, 1.807) is 0 Å². The van der Waals surface area contributed by atoms with Crippen LogP contribution in [0.1, 0.15) is 21.5 Å². The van der Waals surface area contributed by atoms with E-state index in [1.807, 2.05) is 56.3 Å². The summed E-state index contributed by atoms with van der Waals surface area (Å²) in [4.78, 5) is 12.1. The van der Waals surface area contributed by atoms with Gasteiger partial charge in [0, 0.05) is 9.13 Å². The lowest BCUT2D eigenvalue weighted by atomic mass is 10.0. The molecule has 0 aliphatic carbocycles. The van der Waals surface area contributed by atoms with Crippen molar-refractivity contribution in [1.29, 1.82) is 0 Å². The van der Waals surface area contributed by atoms with Crippen molar-refractivity contribution in [3.63, 3.8) is 0 Å². The first kappa shape index (κ1) is 14.1. The van der Waals surface area contributed by atoms with Gasteiger partial charge in [0.15, 0.2) is 12.4 Å². The summed E-state index contributed by atoms with van der Waals surface area (Å²) in [6, 6.07) is 13.5. The Labute approximate surface area is 126 Å². The molecule has 0 N–H and O–H groups in total. The van der Waals surface area contributed by atoms with Gasteiger partial charge in [0.2, 0.25) is 0 Å². The maximum atomic E-state index is 12.1. The van der Waals surface area contributed by atoms with Crippen LogP contribution in [0.4, 0.5) is 0 Å². The van der Waals surface area contributed by atoms with Gasteiger partial charge in [0.25, 0.3) is 0 Å². The van der Waals surface area contributed by atoms with Crippen LogP contribution in [0.2, 0.25) is 0 Å². The highest BCUT2D eigenvalue weighted by Crippen LogP contribution is 2.15. The first-order valence-corrected chi connectivity index (χ1v) is 7.13. The number of Topliss-reactive ketones (excluding diaryl/α,β-unsaturated/α-hetero) is 1. The quantitative estimate of drug-likeness (QED) is 0.600. The van der Waals surface area contributed by atoms with E-state index in [0.29, 0.717) is 0 Å². The molecule has 0 heterocycles. The minimum atomic E-state index is 0.0137. The minimum absolute atomic E-state index is 0.0137. The van der Waals surface area contributed by atoms with E-state index in [4.69, 9.17) is 4.74 Å². The van der Waals surface area contributed by atoms with Crippen LogP contribution in [0.15, 0.2) is 42.5 Å². The summed E-state index contributed by atoms with van der Waals surface area (Å²) in [6.45, 7) is 4.00. The summed E-state index contributed by atoms with van der Waals surface area (Å²) in [7, 11) is 0. The van der Waals surface area contributed by atoms with Gasteiger partial charge in [0.1, 0.15) is 5.75 Å². The number of ketones is 1. The largest absolute Gasteiger partial charge is 0.485 e. The summed E-state index contributed by atoms with van der Waals surface area (Å²) in [5.74, 6) is 0.735. The number of rotatable bonds is 4. The highest BCUT2D eigenvalue weighted by atomic mass is 127. The number of carbonyl (C=O) groups excluding carboxylic acids is 1. The van der Waals surface area contributed by atoms with Gasteiger partial charge < -0.3 is 4.74 Å². The molecule has 2 aromatic carbocycles. The van der Waals surface area contributed by atoms with Crippen molar-refractivity contribution < 1.29 is 9.53 Å². The lowest BCUT2D eigenvalue weighted by molar-refractivity contribution is 0.0921. The van der Waals surface area contributed by atoms with E-state index in [-0.39, 0.29) is 12.4 Å². The molecular formula is C16H15IO2. The summed E-state index contributed by atoms with van der Waals surface area (Å²) in [6.07, 6.45) is 0. The molecule has 0 aliphatic heterocycles. The summed E-state index contributed by atoms with van der Waals surface area (Å²) >= 11 is 2.23. The molecule has 0 aliphatic rings. The zero-order valence-corrected chi connectivity index (χ0v) is 13.1. The monoisotopic (exact) mass is 366 g/mol. The molecule has 19 heavy (non-hydrogen) atoms. The number of aryl methyl sites for hydroxylation is 2. The second kappa shape index (κ2) is 6.19. The van der Waals surface area contributed by atoms with E-state index in [0.717, 1.165) is 26.0 Å². The smallest absolute Gasteiger partial charge is 0.200 e. The third kappa shape index (κ3) is 3.80. The van der Waals surface area contributed by atoms with Gasteiger partial charge in [-0.15, -0.1) is 0 Å². The van der Waals surface area contributed by atoms with Gasteiger partial charge in [-0.1, -0.05) is 17.7 Å². The van der Waals surface area contributed by atoms with E-state index >= 15 is 0 Å². The predicted molar refractivity (Wildman–Crippen MR) is 84.9 cm³/mol. The molecule has 0 aromatic heterocycles. The molecule has 0 amide bonds. The van der Waals surface area contributed by atoms with Crippen LogP contribution in [-0.4, -0.2) is 12.4 Å².